The van der Waals surface area contributed by atoms with Crippen molar-refractivity contribution >= 4 is 0 Å². The molecule has 1 unspecified atom stereocenters. The largest absolute Gasteiger partial charge is 0.469 e. The molecule has 0 saturated heterocycles. The Labute approximate surface area is 113 Å². The first-order valence-electron chi connectivity index (χ1n) is 6.64. The predicted octanol–water partition coefficient (Wildman–Crippen LogP) is 2.81. The molecule has 2 rings (SSSR count). The fraction of sp³-hybridized carbons (Fsp3) is 0.571. The van der Waals surface area contributed by atoms with Gasteiger partial charge in [0.25, 0.3) is 0 Å². The van der Waals surface area contributed by atoms with Gasteiger partial charge in [-0.3, -0.25) is 0 Å². The number of aryl methyl sites for hydroxylation is 1. The van der Waals surface area contributed by atoms with E-state index in [-0.39, 0.29) is 0 Å². The summed E-state index contributed by atoms with van der Waals surface area (Å²) in [5, 5.41) is 7.30. The van der Waals surface area contributed by atoms with Gasteiger partial charge in [-0.1, -0.05) is 19.0 Å². The van der Waals surface area contributed by atoms with E-state index in [9.17, 15) is 0 Å². The molecule has 19 heavy (non-hydrogen) atoms. The Morgan fingerprint density at radius 2 is 2.16 bits per heavy atom. The number of hydrogen-bond acceptors (Lipinski definition) is 5. The summed E-state index contributed by atoms with van der Waals surface area (Å²) in [6.45, 7) is 6.30. The molecule has 104 valence electrons. The van der Waals surface area contributed by atoms with E-state index < -0.39 is 0 Å². The molecule has 0 saturated carbocycles. The van der Waals surface area contributed by atoms with Crippen LogP contribution in [0, 0.1) is 12.8 Å². The second kappa shape index (κ2) is 6.02. The lowest BCUT2D eigenvalue weighted by Gasteiger charge is -2.15. The third-order valence-electron chi connectivity index (χ3n) is 3.15. The van der Waals surface area contributed by atoms with Crippen LogP contribution in [0.5, 0.6) is 0 Å². The van der Waals surface area contributed by atoms with Gasteiger partial charge in [0.05, 0.1) is 11.8 Å². The fourth-order valence-corrected chi connectivity index (χ4v) is 2.15. The van der Waals surface area contributed by atoms with Crippen molar-refractivity contribution in [3.63, 3.8) is 0 Å². The number of hydrogen-bond donors (Lipinski definition) is 1. The molecule has 0 radical (unpaired) electrons. The molecule has 0 aliphatic rings. The molecule has 0 aliphatic heterocycles. The second-order valence-corrected chi connectivity index (χ2v) is 5.22. The van der Waals surface area contributed by atoms with Crippen molar-refractivity contribution < 1.29 is 8.94 Å². The van der Waals surface area contributed by atoms with Crippen LogP contribution in [-0.4, -0.2) is 23.2 Å². The van der Waals surface area contributed by atoms with Crippen molar-refractivity contribution in [2.45, 2.75) is 39.7 Å². The Hall–Kier alpha value is -1.62. The molecule has 2 aromatic rings. The normalized spacial score (nSPS) is 13.1. The first-order chi connectivity index (χ1) is 9.10. The highest BCUT2D eigenvalue weighted by Crippen LogP contribution is 2.21. The van der Waals surface area contributed by atoms with Crippen molar-refractivity contribution in [1.82, 2.24) is 15.5 Å². The summed E-state index contributed by atoms with van der Waals surface area (Å²) < 4.78 is 10.6. The number of furan rings is 1. The van der Waals surface area contributed by atoms with E-state index in [4.69, 9.17) is 8.94 Å². The van der Waals surface area contributed by atoms with E-state index in [1.165, 1.54) is 0 Å². The van der Waals surface area contributed by atoms with Gasteiger partial charge < -0.3 is 14.3 Å². The maximum atomic E-state index is 5.31. The number of nitrogens with zero attached hydrogens (tertiary/aromatic N) is 2. The van der Waals surface area contributed by atoms with Crippen LogP contribution in [0.15, 0.2) is 21.3 Å². The zero-order chi connectivity index (χ0) is 13.8. The van der Waals surface area contributed by atoms with Gasteiger partial charge >= 0.3 is 0 Å². The summed E-state index contributed by atoms with van der Waals surface area (Å²) in [5.41, 5.74) is 0.889. The highest BCUT2D eigenvalue weighted by molar-refractivity contribution is 5.56. The standard InChI is InChI=1S/C14H21N3O2/c1-9(2)7-11(15-4)8-13-16-14(17-19-13)12-5-6-18-10(12)3/h5-6,9,11,15H,7-8H2,1-4H3. The highest BCUT2D eigenvalue weighted by atomic mass is 16.5. The van der Waals surface area contributed by atoms with E-state index in [0.29, 0.717) is 23.7 Å². The van der Waals surface area contributed by atoms with Crippen LogP contribution in [0.4, 0.5) is 0 Å². The van der Waals surface area contributed by atoms with Crippen LogP contribution in [0.2, 0.25) is 0 Å². The quantitative estimate of drug-likeness (QED) is 0.868. The van der Waals surface area contributed by atoms with Crippen LogP contribution in [-0.2, 0) is 6.42 Å². The minimum absolute atomic E-state index is 0.360. The zero-order valence-corrected chi connectivity index (χ0v) is 11.9. The Kier molecular flexibility index (Phi) is 4.37. The third kappa shape index (κ3) is 3.44. The topological polar surface area (TPSA) is 64.1 Å². The van der Waals surface area contributed by atoms with Gasteiger partial charge in [0.1, 0.15) is 5.76 Å². The molecular formula is C14H21N3O2. The summed E-state index contributed by atoms with van der Waals surface area (Å²) >= 11 is 0. The van der Waals surface area contributed by atoms with Gasteiger partial charge in [0.2, 0.25) is 11.7 Å². The Bertz CT molecular complexity index is 516. The molecule has 1 N–H and O–H groups in total. The second-order valence-electron chi connectivity index (χ2n) is 5.22. The fourth-order valence-electron chi connectivity index (χ4n) is 2.15. The molecule has 0 bridgehead atoms. The van der Waals surface area contributed by atoms with Crippen molar-refractivity contribution in [2.75, 3.05) is 7.05 Å². The Morgan fingerprint density at radius 3 is 2.74 bits per heavy atom. The van der Waals surface area contributed by atoms with Crippen LogP contribution in [0.1, 0.15) is 31.9 Å². The molecule has 0 aromatic carbocycles. The number of rotatable bonds is 6. The van der Waals surface area contributed by atoms with E-state index in [1.807, 2.05) is 20.0 Å². The first kappa shape index (κ1) is 13.8. The minimum atomic E-state index is 0.360. The molecule has 1 atom stereocenters. The number of aromatic nitrogens is 2. The summed E-state index contributed by atoms with van der Waals surface area (Å²) in [4.78, 5) is 4.43. The minimum Gasteiger partial charge on any atom is -0.469 e. The highest BCUT2D eigenvalue weighted by Gasteiger charge is 2.16. The Balaban J connectivity index is 2.07. The van der Waals surface area contributed by atoms with Gasteiger partial charge in [0, 0.05) is 12.5 Å². The van der Waals surface area contributed by atoms with Crippen LogP contribution in [0.3, 0.4) is 0 Å². The van der Waals surface area contributed by atoms with Crippen LogP contribution >= 0.6 is 0 Å². The molecule has 2 heterocycles. The zero-order valence-electron chi connectivity index (χ0n) is 11.9. The summed E-state index contributed by atoms with van der Waals surface area (Å²) in [6, 6.07) is 2.21. The molecule has 5 heteroatoms. The average Bonchev–Trinajstić information content (AvgIpc) is 2.96. The average molecular weight is 263 g/mol. The lowest BCUT2D eigenvalue weighted by Crippen LogP contribution is -2.29. The molecule has 2 aromatic heterocycles. The van der Waals surface area contributed by atoms with Gasteiger partial charge in [0.15, 0.2) is 0 Å². The number of likely N-dealkylation sites (N-methyl/N-ethyl adjacent to an activating group) is 1. The molecule has 0 fully saturated rings. The third-order valence-corrected chi connectivity index (χ3v) is 3.15. The number of nitrogens with one attached hydrogen (secondary N) is 1. The molecule has 0 amide bonds. The van der Waals surface area contributed by atoms with E-state index in [0.717, 1.165) is 24.2 Å². The molecular weight excluding hydrogens is 242 g/mol. The molecule has 5 nitrogen and oxygen atoms in total. The van der Waals surface area contributed by atoms with Gasteiger partial charge in [-0.25, -0.2) is 0 Å². The SMILES string of the molecule is CNC(Cc1nc(-c2ccoc2C)no1)CC(C)C. The Morgan fingerprint density at radius 1 is 1.37 bits per heavy atom. The summed E-state index contributed by atoms with van der Waals surface area (Å²) in [7, 11) is 1.96. The maximum absolute atomic E-state index is 5.31. The van der Waals surface area contributed by atoms with Gasteiger partial charge in [-0.2, -0.15) is 4.98 Å². The smallest absolute Gasteiger partial charge is 0.228 e. The van der Waals surface area contributed by atoms with E-state index >= 15 is 0 Å². The van der Waals surface area contributed by atoms with Crippen LogP contribution < -0.4 is 5.32 Å². The lowest BCUT2D eigenvalue weighted by molar-refractivity contribution is 0.345. The predicted molar refractivity (Wildman–Crippen MR) is 72.7 cm³/mol. The van der Waals surface area contributed by atoms with E-state index in [2.05, 4.69) is 29.3 Å². The molecule has 0 aliphatic carbocycles. The monoisotopic (exact) mass is 263 g/mol. The lowest BCUT2D eigenvalue weighted by atomic mass is 10.0. The summed E-state index contributed by atoms with van der Waals surface area (Å²) in [5.74, 6) is 2.70. The van der Waals surface area contributed by atoms with Gasteiger partial charge in [-0.15, -0.1) is 0 Å². The van der Waals surface area contributed by atoms with Crippen molar-refractivity contribution in [3.8, 4) is 11.4 Å². The van der Waals surface area contributed by atoms with Crippen molar-refractivity contribution in [2.24, 2.45) is 5.92 Å². The molecule has 0 spiro atoms. The first-order valence-corrected chi connectivity index (χ1v) is 6.64. The van der Waals surface area contributed by atoms with Crippen molar-refractivity contribution in [3.05, 3.63) is 24.0 Å². The van der Waals surface area contributed by atoms with E-state index in [1.54, 1.807) is 6.26 Å². The maximum Gasteiger partial charge on any atom is 0.228 e. The van der Waals surface area contributed by atoms with Crippen molar-refractivity contribution in [1.29, 1.82) is 0 Å². The van der Waals surface area contributed by atoms with Crippen LogP contribution in [0.25, 0.3) is 11.4 Å². The summed E-state index contributed by atoms with van der Waals surface area (Å²) in [6.07, 6.45) is 3.47. The van der Waals surface area contributed by atoms with Gasteiger partial charge in [-0.05, 0) is 32.4 Å².